The lowest BCUT2D eigenvalue weighted by molar-refractivity contribution is -0.890. The van der Waals surface area contributed by atoms with E-state index in [0.717, 1.165) is 51.4 Å². The van der Waals surface area contributed by atoms with Gasteiger partial charge >= 0.3 is 11.9 Å². The number of rotatable bonds is 41. The molecule has 330 valence electrons. The quantitative estimate of drug-likeness (QED) is 0.0288. The molecule has 0 aromatic rings. The van der Waals surface area contributed by atoms with Crippen molar-refractivity contribution in [2.45, 2.75) is 200 Å². The summed E-state index contributed by atoms with van der Waals surface area (Å²) in [5.74, 6) is -0.514. The van der Waals surface area contributed by atoms with Crippen LogP contribution in [0.3, 0.4) is 0 Å². The minimum atomic E-state index is -0.225. The van der Waals surface area contributed by atoms with Crippen LogP contribution in [0.15, 0.2) is 24.3 Å². The van der Waals surface area contributed by atoms with Crippen molar-refractivity contribution in [2.24, 2.45) is 0 Å². The molecule has 56 heavy (non-hydrogen) atoms. The van der Waals surface area contributed by atoms with Crippen molar-refractivity contribution in [3.05, 3.63) is 24.3 Å². The van der Waals surface area contributed by atoms with Crippen LogP contribution in [0.4, 0.5) is 0 Å². The normalized spacial score (nSPS) is 11.7. The number of amides is 1. The van der Waals surface area contributed by atoms with Crippen LogP contribution in [0.5, 0.6) is 0 Å². The van der Waals surface area contributed by atoms with Gasteiger partial charge in [0.15, 0.2) is 0 Å². The van der Waals surface area contributed by atoms with Crippen LogP contribution in [0.2, 0.25) is 0 Å². The maximum absolute atomic E-state index is 13.2. The number of nitrogens with zero attached hydrogens (tertiary/aromatic N) is 2. The second-order valence-electron chi connectivity index (χ2n) is 16.3. The van der Waals surface area contributed by atoms with Gasteiger partial charge in [-0.25, -0.2) is 0 Å². The van der Waals surface area contributed by atoms with Gasteiger partial charge in [-0.1, -0.05) is 141 Å². The Balaban J connectivity index is 0. The van der Waals surface area contributed by atoms with E-state index in [2.05, 4.69) is 38.2 Å². The first-order chi connectivity index (χ1) is 26.8. The lowest BCUT2D eigenvalue weighted by Crippen LogP contribution is -3.00. The van der Waals surface area contributed by atoms with Gasteiger partial charge in [0, 0.05) is 12.8 Å². The highest BCUT2D eigenvalue weighted by molar-refractivity contribution is 5.76. The SMILES string of the molecule is CCCCCCCC/C=C/CCCCCCCC(=O)OCCN(CCOC(=O)CCCCCCC/C=C/CCCCCCCC)C(=O)CC[N+](C)(C)CCO.[Br-]. The number of aliphatic hydroxyl groups excluding tert-OH is 1. The van der Waals surface area contributed by atoms with Gasteiger partial charge < -0.3 is 40.9 Å². The third-order valence-electron chi connectivity index (χ3n) is 10.5. The molecule has 0 rings (SSSR count). The van der Waals surface area contributed by atoms with Crippen molar-refractivity contribution in [3.8, 4) is 0 Å². The Bertz CT molecular complexity index is 899. The fourth-order valence-electron chi connectivity index (χ4n) is 6.66. The lowest BCUT2D eigenvalue weighted by atomic mass is 10.1. The van der Waals surface area contributed by atoms with Crippen LogP contribution in [0.1, 0.15) is 200 Å². The number of aliphatic hydroxyl groups is 1. The molecule has 0 spiro atoms. The molecule has 0 atom stereocenters. The van der Waals surface area contributed by atoms with Crippen LogP contribution in [-0.2, 0) is 23.9 Å². The van der Waals surface area contributed by atoms with E-state index in [-0.39, 0.29) is 67.7 Å². The predicted octanol–water partition coefficient (Wildman–Crippen LogP) is 8.44. The van der Waals surface area contributed by atoms with E-state index in [1.807, 2.05) is 14.1 Å². The molecule has 0 aliphatic carbocycles. The van der Waals surface area contributed by atoms with Gasteiger partial charge in [0.2, 0.25) is 5.91 Å². The number of halogens is 1. The average Bonchev–Trinajstić information content (AvgIpc) is 3.16. The van der Waals surface area contributed by atoms with Crippen LogP contribution < -0.4 is 17.0 Å². The Labute approximate surface area is 356 Å². The molecular formula is C47H89BrN2O6. The number of likely N-dealkylation sites (N-methyl/N-ethyl adjacent to an activating group) is 1. The summed E-state index contributed by atoms with van der Waals surface area (Å²) < 4.78 is 11.5. The Hall–Kier alpha value is -1.71. The molecule has 0 heterocycles. The molecule has 0 fully saturated rings. The standard InChI is InChI=1S/C47H89N2O6.BrH/c1-5-7-9-11-13-15-17-19-21-23-25-27-29-31-33-35-46(52)54-43-38-48(45(51)37-40-49(3,4)41-42-50)39-44-55-47(53)36-34-32-30-28-26-24-22-20-18-16-14-12-10-8-6-2;/h19-22,50H,5-18,23-44H2,1-4H3;1H/q+1;/p-1/b21-19+,22-20+;. The van der Waals surface area contributed by atoms with Crippen LogP contribution in [-0.4, -0.2) is 92.4 Å². The van der Waals surface area contributed by atoms with E-state index in [4.69, 9.17) is 9.47 Å². The van der Waals surface area contributed by atoms with E-state index < -0.39 is 0 Å². The lowest BCUT2D eigenvalue weighted by Gasteiger charge is -2.30. The zero-order chi connectivity index (χ0) is 40.5. The molecule has 0 unspecified atom stereocenters. The number of carbonyl (C=O) groups excluding carboxylic acids is 3. The summed E-state index contributed by atoms with van der Waals surface area (Å²) in [6.45, 7) is 6.54. The summed E-state index contributed by atoms with van der Waals surface area (Å²) in [7, 11) is 3.98. The first-order valence-electron chi connectivity index (χ1n) is 23.1. The number of ether oxygens (including phenoxy) is 2. The van der Waals surface area contributed by atoms with Crippen molar-refractivity contribution < 1.29 is 50.4 Å². The molecule has 9 heteroatoms. The zero-order valence-electron chi connectivity index (χ0n) is 37.0. The minimum absolute atomic E-state index is 0. The Kier molecular flexibility index (Phi) is 43.2. The minimum Gasteiger partial charge on any atom is -1.00 e. The van der Waals surface area contributed by atoms with Crippen molar-refractivity contribution in [1.29, 1.82) is 0 Å². The summed E-state index contributed by atoms with van der Waals surface area (Å²) in [6.07, 6.45) is 42.0. The largest absolute Gasteiger partial charge is 1.00 e. The highest BCUT2D eigenvalue weighted by Gasteiger charge is 2.21. The van der Waals surface area contributed by atoms with Gasteiger partial charge in [-0.15, -0.1) is 0 Å². The molecule has 0 aliphatic heterocycles. The molecule has 0 saturated heterocycles. The molecule has 0 bridgehead atoms. The Morgan fingerprint density at radius 3 is 1.20 bits per heavy atom. The van der Waals surface area contributed by atoms with Gasteiger partial charge in [0.1, 0.15) is 19.8 Å². The number of quaternary nitrogens is 1. The van der Waals surface area contributed by atoms with Crippen molar-refractivity contribution in [1.82, 2.24) is 4.90 Å². The number of hydrogen-bond donors (Lipinski definition) is 1. The molecule has 0 aliphatic rings. The van der Waals surface area contributed by atoms with E-state index in [0.29, 0.717) is 36.8 Å². The van der Waals surface area contributed by atoms with E-state index in [9.17, 15) is 19.5 Å². The van der Waals surface area contributed by atoms with Gasteiger partial charge in [0.25, 0.3) is 0 Å². The van der Waals surface area contributed by atoms with E-state index in [1.165, 1.54) is 116 Å². The van der Waals surface area contributed by atoms with E-state index >= 15 is 0 Å². The highest BCUT2D eigenvalue weighted by Crippen LogP contribution is 2.12. The molecule has 0 aromatic carbocycles. The maximum Gasteiger partial charge on any atom is 0.305 e. The molecule has 8 nitrogen and oxygen atoms in total. The summed E-state index contributed by atoms with van der Waals surface area (Å²) >= 11 is 0. The number of unbranched alkanes of at least 4 members (excludes halogenated alkanes) is 22. The van der Waals surface area contributed by atoms with Crippen LogP contribution in [0.25, 0.3) is 0 Å². The van der Waals surface area contributed by atoms with Gasteiger partial charge in [-0.2, -0.15) is 0 Å². The Morgan fingerprint density at radius 1 is 0.500 bits per heavy atom. The number of hydrogen-bond acceptors (Lipinski definition) is 6. The second kappa shape index (κ2) is 42.9. The summed E-state index contributed by atoms with van der Waals surface area (Å²) in [5, 5.41) is 9.37. The fraction of sp³-hybridized carbons (Fsp3) is 0.851. The van der Waals surface area contributed by atoms with Crippen molar-refractivity contribution >= 4 is 17.8 Å². The van der Waals surface area contributed by atoms with Gasteiger partial charge in [-0.05, 0) is 64.2 Å². The Morgan fingerprint density at radius 2 is 0.839 bits per heavy atom. The van der Waals surface area contributed by atoms with Crippen LogP contribution >= 0.6 is 0 Å². The molecule has 0 saturated carbocycles. The smallest absolute Gasteiger partial charge is 0.305 e. The van der Waals surface area contributed by atoms with E-state index in [1.54, 1.807) is 4.90 Å². The van der Waals surface area contributed by atoms with Crippen molar-refractivity contribution in [3.63, 3.8) is 0 Å². The average molecular weight is 858 g/mol. The highest BCUT2D eigenvalue weighted by atomic mass is 79.9. The zero-order valence-corrected chi connectivity index (χ0v) is 38.6. The molecule has 0 radical (unpaired) electrons. The molecule has 1 N–H and O–H groups in total. The van der Waals surface area contributed by atoms with Gasteiger partial charge in [-0.3, -0.25) is 14.4 Å². The first-order valence-corrected chi connectivity index (χ1v) is 23.1. The monoisotopic (exact) mass is 857 g/mol. The summed E-state index contributed by atoms with van der Waals surface area (Å²) in [5.41, 5.74) is 0. The number of esters is 2. The summed E-state index contributed by atoms with van der Waals surface area (Å²) in [6, 6.07) is 0. The fourth-order valence-corrected chi connectivity index (χ4v) is 6.66. The maximum atomic E-state index is 13.2. The van der Waals surface area contributed by atoms with Gasteiger partial charge in [0.05, 0.1) is 46.8 Å². The molecule has 1 amide bonds. The number of allylic oxidation sites excluding steroid dienone is 4. The molecular weight excluding hydrogens is 768 g/mol. The predicted molar refractivity (Wildman–Crippen MR) is 231 cm³/mol. The first kappa shape index (κ1) is 56.4. The molecule has 0 aromatic heterocycles. The summed E-state index contributed by atoms with van der Waals surface area (Å²) in [4.78, 5) is 39.6. The topological polar surface area (TPSA) is 93.1 Å². The number of carbonyl (C=O) groups is 3. The van der Waals surface area contributed by atoms with Crippen LogP contribution in [0, 0.1) is 0 Å². The van der Waals surface area contributed by atoms with Crippen molar-refractivity contribution in [2.75, 3.05) is 60.1 Å². The third kappa shape index (κ3) is 40.5. The second-order valence-corrected chi connectivity index (χ2v) is 16.3. The third-order valence-corrected chi connectivity index (χ3v) is 10.5.